The second-order valence-electron chi connectivity index (χ2n) is 6.96. The number of para-hydroxylation sites is 2. The van der Waals surface area contributed by atoms with Gasteiger partial charge in [0.1, 0.15) is 5.52 Å². The molecular formula is C22H20N3+. The molecule has 3 heterocycles. The maximum absolute atomic E-state index is 4.78. The average molecular weight is 326 g/mol. The second kappa shape index (κ2) is 4.79. The number of benzene rings is 2. The molecule has 0 aliphatic heterocycles. The number of hydrogen-bond acceptors (Lipinski definition) is 1. The third-order valence-corrected chi connectivity index (χ3v) is 5.58. The van der Waals surface area contributed by atoms with Crippen LogP contribution in [0.15, 0.2) is 48.7 Å². The van der Waals surface area contributed by atoms with E-state index in [1.165, 1.54) is 49.7 Å². The summed E-state index contributed by atoms with van der Waals surface area (Å²) in [7, 11) is 2.15. The molecule has 122 valence electrons. The molecule has 0 saturated carbocycles. The van der Waals surface area contributed by atoms with E-state index in [4.69, 9.17) is 4.98 Å². The van der Waals surface area contributed by atoms with Crippen molar-refractivity contribution in [2.24, 2.45) is 7.05 Å². The van der Waals surface area contributed by atoms with Crippen molar-refractivity contribution in [2.45, 2.75) is 20.8 Å². The first kappa shape index (κ1) is 14.4. The van der Waals surface area contributed by atoms with Gasteiger partial charge in [0.2, 0.25) is 0 Å². The van der Waals surface area contributed by atoms with Gasteiger partial charge in [0.15, 0.2) is 11.0 Å². The molecule has 3 heteroatoms. The van der Waals surface area contributed by atoms with Gasteiger partial charge in [-0.05, 0) is 61.7 Å². The van der Waals surface area contributed by atoms with Crippen LogP contribution in [-0.2, 0) is 7.05 Å². The molecule has 0 unspecified atom stereocenters. The molecule has 3 nitrogen and oxygen atoms in total. The zero-order valence-corrected chi connectivity index (χ0v) is 15.0. The van der Waals surface area contributed by atoms with Crippen molar-refractivity contribution in [1.82, 2.24) is 9.38 Å². The summed E-state index contributed by atoms with van der Waals surface area (Å²) < 4.78 is 4.72. The summed E-state index contributed by atoms with van der Waals surface area (Å²) in [6.45, 7) is 6.57. The predicted octanol–water partition coefficient (Wildman–Crippen LogP) is 4.54. The van der Waals surface area contributed by atoms with E-state index in [1.54, 1.807) is 0 Å². The Kier molecular flexibility index (Phi) is 2.76. The molecule has 25 heavy (non-hydrogen) atoms. The highest BCUT2D eigenvalue weighted by molar-refractivity contribution is 6.12. The Hall–Kier alpha value is -2.94. The van der Waals surface area contributed by atoms with Gasteiger partial charge < -0.3 is 0 Å². The Balaban J connectivity index is 2.31. The van der Waals surface area contributed by atoms with Gasteiger partial charge in [0.05, 0.1) is 18.0 Å². The van der Waals surface area contributed by atoms with E-state index >= 15 is 0 Å². The summed E-state index contributed by atoms with van der Waals surface area (Å²) in [5, 5.41) is 2.45. The maximum atomic E-state index is 4.78. The van der Waals surface area contributed by atoms with E-state index in [1.807, 2.05) is 6.20 Å². The SMILES string of the molecule is Cc1ccc2c3nccc(C)c3c3n(c4ccccc4[n+]3C)c2c1C. The zero-order chi connectivity index (χ0) is 17.3. The molecule has 0 N–H and O–H groups in total. The number of nitrogens with zero attached hydrogens (tertiary/aromatic N) is 3. The van der Waals surface area contributed by atoms with Crippen LogP contribution in [0.4, 0.5) is 0 Å². The predicted molar refractivity (Wildman–Crippen MR) is 103 cm³/mol. The fourth-order valence-corrected chi connectivity index (χ4v) is 4.15. The van der Waals surface area contributed by atoms with Crippen LogP contribution >= 0.6 is 0 Å². The van der Waals surface area contributed by atoms with Crippen molar-refractivity contribution in [2.75, 3.05) is 0 Å². The third-order valence-electron chi connectivity index (χ3n) is 5.58. The molecule has 0 aliphatic carbocycles. The summed E-state index contributed by atoms with van der Waals surface area (Å²) in [5.74, 6) is 0. The summed E-state index contributed by atoms with van der Waals surface area (Å²) in [5.41, 5.74) is 9.91. The minimum absolute atomic E-state index is 1.09. The number of fused-ring (bicyclic) bond motifs is 8. The molecular weight excluding hydrogens is 306 g/mol. The van der Waals surface area contributed by atoms with Gasteiger partial charge >= 0.3 is 0 Å². The number of hydrogen-bond donors (Lipinski definition) is 0. The highest BCUT2D eigenvalue weighted by Crippen LogP contribution is 2.34. The topological polar surface area (TPSA) is 21.2 Å². The van der Waals surface area contributed by atoms with Gasteiger partial charge in [0, 0.05) is 11.6 Å². The fourth-order valence-electron chi connectivity index (χ4n) is 4.15. The largest absolute Gasteiger partial charge is 0.297 e. The molecule has 2 aromatic carbocycles. The smallest absolute Gasteiger partial charge is 0.255 e. The Labute approximate surface area is 146 Å². The van der Waals surface area contributed by atoms with Crippen molar-refractivity contribution in [1.29, 1.82) is 0 Å². The van der Waals surface area contributed by atoms with E-state index in [-0.39, 0.29) is 0 Å². The summed E-state index contributed by atoms with van der Waals surface area (Å²) in [4.78, 5) is 4.78. The molecule has 0 fully saturated rings. The molecule has 0 atom stereocenters. The number of rotatable bonds is 0. The number of aromatic nitrogens is 3. The van der Waals surface area contributed by atoms with E-state index in [0.717, 1.165) is 5.52 Å². The lowest BCUT2D eigenvalue weighted by Gasteiger charge is -2.09. The van der Waals surface area contributed by atoms with Crippen molar-refractivity contribution in [3.63, 3.8) is 0 Å². The number of pyridine rings is 2. The van der Waals surface area contributed by atoms with E-state index in [0.29, 0.717) is 0 Å². The van der Waals surface area contributed by atoms with Gasteiger partial charge in [-0.25, -0.2) is 4.57 Å². The molecule has 0 saturated heterocycles. The summed E-state index contributed by atoms with van der Waals surface area (Å²) in [6.07, 6.45) is 1.92. The highest BCUT2D eigenvalue weighted by atomic mass is 15.1. The van der Waals surface area contributed by atoms with E-state index in [9.17, 15) is 0 Å². The Morgan fingerprint density at radius 1 is 0.920 bits per heavy atom. The van der Waals surface area contributed by atoms with Crippen LogP contribution in [0, 0.1) is 20.8 Å². The summed E-state index contributed by atoms with van der Waals surface area (Å²) >= 11 is 0. The lowest BCUT2D eigenvalue weighted by molar-refractivity contribution is -0.617. The first-order valence-corrected chi connectivity index (χ1v) is 8.66. The molecule has 5 rings (SSSR count). The van der Waals surface area contributed by atoms with Gasteiger partial charge in [-0.3, -0.25) is 4.98 Å². The molecule has 3 aromatic heterocycles. The van der Waals surface area contributed by atoms with Crippen LogP contribution in [0.25, 0.3) is 38.5 Å². The Morgan fingerprint density at radius 2 is 1.72 bits per heavy atom. The van der Waals surface area contributed by atoms with E-state index < -0.39 is 0 Å². The quantitative estimate of drug-likeness (QED) is 0.302. The fraction of sp³-hybridized carbons (Fsp3) is 0.182. The van der Waals surface area contributed by atoms with Crippen LogP contribution < -0.4 is 4.57 Å². The van der Waals surface area contributed by atoms with Crippen LogP contribution in [0.3, 0.4) is 0 Å². The van der Waals surface area contributed by atoms with Gasteiger partial charge in [-0.15, -0.1) is 0 Å². The lowest BCUT2D eigenvalue weighted by atomic mass is 10.0. The first-order valence-electron chi connectivity index (χ1n) is 8.66. The zero-order valence-electron chi connectivity index (χ0n) is 15.0. The molecule has 0 bridgehead atoms. The average Bonchev–Trinajstić information content (AvgIpc) is 2.91. The highest BCUT2D eigenvalue weighted by Gasteiger charge is 2.25. The Bertz CT molecular complexity index is 1330. The molecule has 0 spiro atoms. The molecule has 0 amide bonds. The normalized spacial score (nSPS) is 12.0. The van der Waals surface area contributed by atoms with Crippen molar-refractivity contribution >= 4 is 38.5 Å². The molecule has 5 aromatic rings. The van der Waals surface area contributed by atoms with Gasteiger partial charge in [0.25, 0.3) is 5.65 Å². The standard InChI is InChI=1S/C22H20N3/c1-13-9-10-16-20-19(14(2)11-12-23-20)22-24(4)17-7-5-6-8-18(17)25(22)21(16)15(13)3/h5-12H,1-4H3/q+1. The third kappa shape index (κ3) is 1.70. The van der Waals surface area contributed by atoms with Gasteiger partial charge in [-0.1, -0.05) is 18.2 Å². The van der Waals surface area contributed by atoms with Crippen LogP contribution in [0.5, 0.6) is 0 Å². The van der Waals surface area contributed by atoms with Crippen molar-refractivity contribution in [3.05, 3.63) is 65.4 Å². The van der Waals surface area contributed by atoms with Crippen molar-refractivity contribution < 1.29 is 4.57 Å². The lowest BCUT2D eigenvalue weighted by Crippen LogP contribution is -2.27. The van der Waals surface area contributed by atoms with Crippen molar-refractivity contribution in [3.8, 4) is 0 Å². The monoisotopic (exact) mass is 326 g/mol. The number of imidazole rings is 1. The second-order valence-corrected chi connectivity index (χ2v) is 6.96. The van der Waals surface area contributed by atoms with Crippen LogP contribution in [0.1, 0.15) is 16.7 Å². The van der Waals surface area contributed by atoms with Crippen LogP contribution in [0.2, 0.25) is 0 Å². The maximum Gasteiger partial charge on any atom is 0.297 e. The van der Waals surface area contributed by atoms with E-state index in [2.05, 4.69) is 79.3 Å². The number of aryl methyl sites for hydroxylation is 4. The Morgan fingerprint density at radius 3 is 2.56 bits per heavy atom. The van der Waals surface area contributed by atoms with Gasteiger partial charge in [-0.2, -0.15) is 4.40 Å². The minimum atomic E-state index is 1.09. The minimum Gasteiger partial charge on any atom is -0.255 e. The first-order chi connectivity index (χ1) is 12.1. The molecule has 0 aliphatic rings. The van der Waals surface area contributed by atoms with Crippen LogP contribution in [-0.4, -0.2) is 9.38 Å². The molecule has 0 radical (unpaired) electrons. The summed E-state index contributed by atoms with van der Waals surface area (Å²) in [6, 6.07) is 15.2.